The number of carboxylic acid groups (broad SMARTS) is 1. The van der Waals surface area contributed by atoms with Crippen molar-refractivity contribution >= 4 is 12.0 Å². The zero-order valence-corrected chi connectivity index (χ0v) is 12.9. The first-order chi connectivity index (χ1) is 10.0. The molecule has 2 heterocycles. The second kappa shape index (κ2) is 7.11. The Balaban J connectivity index is 1.94. The highest BCUT2D eigenvalue weighted by Crippen LogP contribution is 2.26. The molecule has 0 saturated carbocycles. The zero-order valence-electron chi connectivity index (χ0n) is 12.9. The maximum atomic E-state index is 12.4. The molecule has 0 aliphatic carbocycles. The topological polar surface area (TPSA) is 78.9 Å². The van der Waals surface area contributed by atoms with E-state index < -0.39 is 12.0 Å². The predicted octanol–water partition coefficient (Wildman–Crippen LogP) is 1.70. The summed E-state index contributed by atoms with van der Waals surface area (Å²) in [5.74, 6) is -0.179. The standard InChI is InChI=1S/C15H26N2O4/c1-3-11-4-6-17(13(8-11)14(18)19)15(20)16-10(2)12-5-7-21-9-12/h10-13H,3-9H2,1-2H3,(H,16,20)(H,18,19). The van der Waals surface area contributed by atoms with E-state index >= 15 is 0 Å². The number of nitrogens with one attached hydrogen (secondary N) is 1. The molecule has 0 radical (unpaired) electrons. The fourth-order valence-electron chi connectivity index (χ4n) is 3.23. The van der Waals surface area contributed by atoms with Crippen LogP contribution in [0.15, 0.2) is 0 Å². The highest BCUT2D eigenvalue weighted by Gasteiger charge is 2.36. The maximum Gasteiger partial charge on any atom is 0.326 e. The Morgan fingerprint density at radius 2 is 2.19 bits per heavy atom. The molecule has 4 unspecified atom stereocenters. The number of ether oxygens (including phenoxy) is 1. The Labute approximate surface area is 125 Å². The van der Waals surface area contributed by atoms with Gasteiger partial charge in [-0.3, -0.25) is 0 Å². The van der Waals surface area contributed by atoms with E-state index in [0.29, 0.717) is 31.4 Å². The van der Waals surface area contributed by atoms with Gasteiger partial charge in [-0.25, -0.2) is 9.59 Å². The molecule has 0 aromatic heterocycles. The summed E-state index contributed by atoms with van der Waals surface area (Å²) in [6.45, 7) is 5.97. The molecule has 2 fully saturated rings. The summed E-state index contributed by atoms with van der Waals surface area (Å²) < 4.78 is 5.33. The van der Waals surface area contributed by atoms with Crippen LogP contribution in [-0.2, 0) is 9.53 Å². The molecular formula is C15H26N2O4. The van der Waals surface area contributed by atoms with Crippen LogP contribution < -0.4 is 5.32 Å². The fraction of sp³-hybridized carbons (Fsp3) is 0.867. The van der Waals surface area contributed by atoms with Crippen LogP contribution in [0.2, 0.25) is 0 Å². The number of likely N-dealkylation sites (tertiary alicyclic amines) is 1. The number of carboxylic acids is 1. The number of aliphatic carboxylic acids is 1. The van der Waals surface area contributed by atoms with Gasteiger partial charge in [-0.1, -0.05) is 13.3 Å². The Hall–Kier alpha value is -1.30. The van der Waals surface area contributed by atoms with Crippen molar-refractivity contribution in [3.8, 4) is 0 Å². The van der Waals surface area contributed by atoms with Gasteiger partial charge in [0.1, 0.15) is 6.04 Å². The summed E-state index contributed by atoms with van der Waals surface area (Å²) in [5, 5.41) is 12.3. The SMILES string of the molecule is CCC1CCN(C(=O)NC(C)C2CCOC2)C(C(=O)O)C1. The minimum absolute atomic E-state index is 0.0124. The molecule has 2 saturated heterocycles. The molecule has 0 aromatic rings. The van der Waals surface area contributed by atoms with Gasteiger partial charge < -0.3 is 20.1 Å². The Bertz CT molecular complexity index is 382. The highest BCUT2D eigenvalue weighted by molar-refractivity contribution is 5.83. The van der Waals surface area contributed by atoms with E-state index in [1.165, 1.54) is 4.90 Å². The average Bonchev–Trinajstić information content (AvgIpc) is 3.00. The zero-order chi connectivity index (χ0) is 15.4. The van der Waals surface area contributed by atoms with Gasteiger partial charge in [0, 0.05) is 25.1 Å². The lowest BCUT2D eigenvalue weighted by Crippen LogP contribution is -2.55. The Morgan fingerprint density at radius 1 is 1.43 bits per heavy atom. The summed E-state index contributed by atoms with van der Waals surface area (Å²) >= 11 is 0. The summed E-state index contributed by atoms with van der Waals surface area (Å²) in [7, 11) is 0. The van der Waals surface area contributed by atoms with Gasteiger partial charge in [0.2, 0.25) is 0 Å². The lowest BCUT2D eigenvalue weighted by atomic mass is 9.89. The first-order valence-corrected chi connectivity index (χ1v) is 7.90. The molecule has 2 aliphatic rings. The van der Waals surface area contributed by atoms with Crippen LogP contribution in [0.1, 0.15) is 39.5 Å². The quantitative estimate of drug-likeness (QED) is 0.828. The molecule has 2 rings (SSSR count). The second-order valence-corrected chi connectivity index (χ2v) is 6.21. The van der Waals surface area contributed by atoms with Crippen molar-refractivity contribution in [3.63, 3.8) is 0 Å². The number of carbonyl (C=O) groups excluding carboxylic acids is 1. The van der Waals surface area contributed by atoms with Gasteiger partial charge in [0.25, 0.3) is 0 Å². The largest absolute Gasteiger partial charge is 0.480 e. The molecule has 21 heavy (non-hydrogen) atoms. The minimum Gasteiger partial charge on any atom is -0.480 e. The summed E-state index contributed by atoms with van der Waals surface area (Å²) in [5.41, 5.74) is 0. The van der Waals surface area contributed by atoms with Crippen molar-refractivity contribution in [1.82, 2.24) is 10.2 Å². The minimum atomic E-state index is -0.903. The number of hydrogen-bond acceptors (Lipinski definition) is 3. The summed E-state index contributed by atoms with van der Waals surface area (Å²) in [4.78, 5) is 25.3. The molecule has 0 bridgehead atoms. The number of carbonyl (C=O) groups is 2. The molecule has 4 atom stereocenters. The fourth-order valence-corrected chi connectivity index (χ4v) is 3.23. The molecule has 0 aromatic carbocycles. The molecule has 120 valence electrons. The smallest absolute Gasteiger partial charge is 0.326 e. The van der Waals surface area contributed by atoms with E-state index in [4.69, 9.17) is 4.74 Å². The van der Waals surface area contributed by atoms with Gasteiger partial charge >= 0.3 is 12.0 Å². The third-order valence-corrected chi connectivity index (χ3v) is 4.86. The third-order valence-electron chi connectivity index (χ3n) is 4.86. The Morgan fingerprint density at radius 3 is 2.76 bits per heavy atom. The van der Waals surface area contributed by atoms with E-state index in [0.717, 1.165) is 25.9 Å². The van der Waals surface area contributed by atoms with Crippen molar-refractivity contribution in [2.75, 3.05) is 19.8 Å². The third kappa shape index (κ3) is 3.87. The second-order valence-electron chi connectivity index (χ2n) is 6.21. The Kier molecular flexibility index (Phi) is 5.45. The molecule has 6 heteroatoms. The molecule has 2 amide bonds. The van der Waals surface area contributed by atoms with Crippen LogP contribution >= 0.6 is 0 Å². The number of nitrogens with zero attached hydrogens (tertiary/aromatic N) is 1. The van der Waals surface area contributed by atoms with E-state index in [1.54, 1.807) is 0 Å². The van der Waals surface area contributed by atoms with Gasteiger partial charge in [0.15, 0.2) is 0 Å². The van der Waals surface area contributed by atoms with Crippen LogP contribution in [0.3, 0.4) is 0 Å². The van der Waals surface area contributed by atoms with Crippen molar-refractivity contribution in [2.24, 2.45) is 11.8 Å². The number of rotatable bonds is 4. The van der Waals surface area contributed by atoms with E-state index in [2.05, 4.69) is 12.2 Å². The van der Waals surface area contributed by atoms with Crippen LogP contribution in [0, 0.1) is 11.8 Å². The first-order valence-electron chi connectivity index (χ1n) is 7.90. The number of hydrogen-bond donors (Lipinski definition) is 2. The average molecular weight is 298 g/mol. The maximum absolute atomic E-state index is 12.4. The van der Waals surface area contributed by atoms with Crippen molar-refractivity contribution in [2.45, 2.75) is 51.6 Å². The van der Waals surface area contributed by atoms with Crippen molar-refractivity contribution in [1.29, 1.82) is 0 Å². The molecule has 6 nitrogen and oxygen atoms in total. The summed E-state index contributed by atoms with van der Waals surface area (Å²) in [6.07, 6.45) is 3.35. The van der Waals surface area contributed by atoms with Gasteiger partial charge in [-0.15, -0.1) is 0 Å². The predicted molar refractivity (Wildman–Crippen MR) is 78.1 cm³/mol. The monoisotopic (exact) mass is 298 g/mol. The van der Waals surface area contributed by atoms with E-state index in [-0.39, 0.29) is 12.1 Å². The van der Waals surface area contributed by atoms with Crippen LogP contribution in [0.4, 0.5) is 4.79 Å². The number of urea groups is 1. The van der Waals surface area contributed by atoms with Gasteiger partial charge in [-0.2, -0.15) is 0 Å². The van der Waals surface area contributed by atoms with E-state index in [1.807, 2.05) is 6.92 Å². The summed E-state index contributed by atoms with van der Waals surface area (Å²) in [6, 6.07) is -0.939. The lowest BCUT2D eigenvalue weighted by molar-refractivity contribution is -0.144. The number of amides is 2. The first kappa shape index (κ1) is 16.1. The van der Waals surface area contributed by atoms with Gasteiger partial charge in [-0.05, 0) is 32.1 Å². The lowest BCUT2D eigenvalue weighted by Gasteiger charge is -2.37. The normalized spacial score (nSPS) is 31.0. The van der Waals surface area contributed by atoms with Crippen LogP contribution in [0.25, 0.3) is 0 Å². The van der Waals surface area contributed by atoms with Gasteiger partial charge in [0.05, 0.1) is 6.61 Å². The molecule has 2 aliphatic heterocycles. The molecule has 2 N–H and O–H groups in total. The van der Waals surface area contributed by atoms with Crippen LogP contribution in [-0.4, -0.2) is 53.8 Å². The van der Waals surface area contributed by atoms with Crippen molar-refractivity contribution < 1.29 is 19.4 Å². The number of piperidine rings is 1. The molecular weight excluding hydrogens is 272 g/mol. The highest BCUT2D eigenvalue weighted by atomic mass is 16.5. The van der Waals surface area contributed by atoms with Crippen LogP contribution in [0.5, 0.6) is 0 Å². The van der Waals surface area contributed by atoms with E-state index in [9.17, 15) is 14.7 Å². The molecule has 0 spiro atoms. The van der Waals surface area contributed by atoms with Crippen molar-refractivity contribution in [3.05, 3.63) is 0 Å².